The highest BCUT2D eigenvalue weighted by Gasteiger charge is 2.35. The van der Waals surface area contributed by atoms with E-state index in [1.165, 1.54) is 6.92 Å². The smallest absolute Gasteiger partial charge is 0.324 e. The van der Waals surface area contributed by atoms with E-state index >= 15 is 0 Å². The number of alkyl halides is 3. The first-order valence-corrected chi connectivity index (χ1v) is 8.63. The minimum atomic E-state index is -4.57. The van der Waals surface area contributed by atoms with Crippen molar-refractivity contribution >= 4 is 11.6 Å². The van der Waals surface area contributed by atoms with E-state index < -0.39 is 24.3 Å². The summed E-state index contributed by atoms with van der Waals surface area (Å²) >= 11 is 0. The van der Waals surface area contributed by atoms with Gasteiger partial charge in [-0.05, 0) is 50.6 Å². The molecular formula is C19H20F3N5O. The van der Waals surface area contributed by atoms with Gasteiger partial charge >= 0.3 is 6.18 Å². The molecule has 28 heavy (non-hydrogen) atoms. The second kappa shape index (κ2) is 7.49. The fourth-order valence-corrected chi connectivity index (χ4v) is 2.99. The Kier molecular flexibility index (Phi) is 5.26. The summed E-state index contributed by atoms with van der Waals surface area (Å²) in [5, 5.41) is 10.8. The van der Waals surface area contributed by atoms with Gasteiger partial charge in [-0.25, -0.2) is 0 Å². The summed E-state index contributed by atoms with van der Waals surface area (Å²) in [4.78, 5) is 12.2. The Morgan fingerprint density at radius 2 is 1.71 bits per heavy atom. The van der Waals surface area contributed by atoms with Crippen LogP contribution in [0.3, 0.4) is 0 Å². The Labute approximate surface area is 160 Å². The summed E-state index contributed by atoms with van der Waals surface area (Å²) in [6.45, 7) is 5.32. The topological polar surface area (TPSA) is 64.7 Å². The molecule has 2 heterocycles. The zero-order valence-electron chi connectivity index (χ0n) is 15.7. The van der Waals surface area contributed by atoms with E-state index in [4.69, 9.17) is 0 Å². The van der Waals surface area contributed by atoms with Crippen LogP contribution < -0.4 is 5.32 Å². The van der Waals surface area contributed by atoms with Crippen LogP contribution in [-0.4, -0.2) is 25.5 Å². The molecule has 9 heteroatoms. The molecule has 2 aromatic heterocycles. The van der Waals surface area contributed by atoms with Gasteiger partial charge in [-0.2, -0.15) is 23.4 Å². The quantitative estimate of drug-likeness (QED) is 0.721. The van der Waals surface area contributed by atoms with E-state index in [2.05, 4.69) is 15.5 Å². The molecule has 0 spiro atoms. The van der Waals surface area contributed by atoms with Crippen molar-refractivity contribution in [2.24, 2.45) is 0 Å². The average molecular weight is 391 g/mol. The minimum Gasteiger partial charge on any atom is -0.324 e. The highest BCUT2D eigenvalue weighted by Crippen LogP contribution is 2.29. The monoisotopic (exact) mass is 391 g/mol. The van der Waals surface area contributed by atoms with Gasteiger partial charge in [-0.1, -0.05) is 12.1 Å². The van der Waals surface area contributed by atoms with E-state index in [9.17, 15) is 18.0 Å². The standard InChI is InChI=1S/C19H20F3N5O/c1-12-7-14(3)26(24-12)10-15-5-4-6-16(9-15)23-18(28)11-27-17(19(20,21)22)8-13(2)25-27/h4-9H,10-11H2,1-3H3,(H,23,28). The van der Waals surface area contributed by atoms with Crippen LogP contribution in [-0.2, 0) is 24.1 Å². The first kappa shape index (κ1) is 19.7. The number of halogens is 3. The van der Waals surface area contributed by atoms with E-state index in [0.717, 1.165) is 23.0 Å². The maximum Gasteiger partial charge on any atom is 0.433 e. The van der Waals surface area contributed by atoms with Crippen molar-refractivity contribution in [2.45, 2.75) is 40.0 Å². The normalized spacial score (nSPS) is 11.6. The Balaban J connectivity index is 1.71. The first-order chi connectivity index (χ1) is 13.1. The van der Waals surface area contributed by atoms with Gasteiger partial charge in [-0.15, -0.1) is 0 Å². The molecule has 0 atom stereocenters. The number of hydrogen-bond acceptors (Lipinski definition) is 3. The minimum absolute atomic E-state index is 0.201. The molecule has 0 saturated heterocycles. The number of aryl methyl sites for hydroxylation is 3. The Hall–Kier alpha value is -3.10. The lowest BCUT2D eigenvalue weighted by atomic mass is 10.2. The van der Waals surface area contributed by atoms with Gasteiger partial charge in [-0.3, -0.25) is 14.2 Å². The van der Waals surface area contributed by atoms with Crippen LogP contribution in [0, 0.1) is 20.8 Å². The van der Waals surface area contributed by atoms with Crippen molar-refractivity contribution < 1.29 is 18.0 Å². The fraction of sp³-hybridized carbons (Fsp3) is 0.316. The van der Waals surface area contributed by atoms with Crippen LogP contribution in [0.1, 0.15) is 28.3 Å². The summed E-state index contributed by atoms with van der Waals surface area (Å²) in [6.07, 6.45) is -4.57. The first-order valence-electron chi connectivity index (χ1n) is 8.63. The van der Waals surface area contributed by atoms with Gasteiger partial charge < -0.3 is 5.32 Å². The van der Waals surface area contributed by atoms with Crippen molar-refractivity contribution in [1.29, 1.82) is 0 Å². The lowest BCUT2D eigenvalue weighted by molar-refractivity contribution is -0.144. The summed E-state index contributed by atoms with van der Waals surface area (Å²) in [6, 6.07) is 10.0. The second-order valence-corrected chi connectivity index (χ2v) is 6.66. The van der Waals surface area contributed by atoms with Gasteiger partial charge in [0.2, 0.25) is 5.91 Å². The molecule has 3 rings (SSSR count). The van der Waals surface area contributed by atoms with Crippen molar-refractivity contribution in [3.05, 3.63) is 64.7 Å². The van der Waals surface area contributed by atoms with Gasteiger partial charge in [0.05, 0.1) is 17.9 Å². The molecule has 148 valence electrons. The predicted octanol–water partition coefficient (Wildman–Crippen LogP) is 3.71. The molecular weight excluding hydrogens is 371 g/mol. The number of benzene rings is 1. The summed E-state index contributed by atoms with van der Waals surface area (Å²) < 4.78 is 41.6. The third-order valence-corrected chi connectivity index (χ3v) is 4.13. The molecule has 0 radical (unpaired) electrons. The molecule has 1 aromatic carbocycles. The summed E-state index contributed by atoms with van der Waals surface area (Å²) in [7, 11) is 0. The number of nitrogens with zero attached hydrogens (tertiary/aromatic N) is 4. The van der Waals surface area contributed by atoms with E-state index in [0.29, 0.717) is 16.9 Å². The van der Waals surface area contributed by atoms with Crippen LogP contribution in [0.5, 0.6) is 0 Å². The van der Waals surface area contributed by atoms with Gasteiger partial charge in [0.1, 0.15) is 12.2 Å². The van der Waals surface area contributed by atoms with Gasteiger partial charge in [0.25, 0.3) is 0 Å². The lowest BCUT2D eigenvalue weighted by Crippen LogP contribution is -2.23. The molecule has 0 fully saturated rings. The lowest BCUT2D eigenvalue weighted by Gasteiger charge is -2.11. The average Bonchev–Trinajstić information content (AvgIpc) is 3.09. The molecule has 0 aliphatic carbocycles. The van der Waals surface area contributed by atoms with Crippen molar-refractivity contribution in [1.82, 2.24) is 19.6 Å². The molecule has 1 amide bonds. The Morgan fingerprint density at radius 1 is 1.04 bits per heavy atom. The number of amides is 1. The molecule has 0 aliphatic heterocycles. The molecule has 0 unspecified atom stereocenters. The molecule has 0 aliphatic rings. The van der Waals surface area contributed by atoms with Crippen LogP contribution in [0.4, 0.5) is 18.9 Å². The fourth-order valence-electron chi connectivity index (χ4n) is 2.99. The zero-order chi connectivity index (χ0) is 20.5. The summed E-state index contributed by atoms with van der Waals surface area (Å²) in [5.41, 5.74) is 2.60. The number of rotatable bonds is 5. The third-order valence-electron chi connectivity index (χ3n) is 4.13. The highest BCUT2D eigenvalue weighted by atomic mass is 19.4. The second-order valence-electron chi connectivity index (χ2n) is 6.66. The molecule has 3 aromatic rings. The van der Waals surface area contributed by atoms with Crippen LogP contribution in [0.25, 0.3) is 0 Å². The summed E-state index contributed by atoms with van der Waals surface area (Å²) in [5.74, 6) is -0.586. The molecule has 0 bridgehead atoms. The number of carbonyl (C=O) groups is 1. The maximum atomic E-state index is 13.0. The van der Waals surface area contributed by atoms with E-state index in [1.807, 2.05) is 30.7 Å². The number of anilines is 1. The number of hydrogen-bond donors (Lipinski definition) is 1. The largest absolute Gasteiger partial charge is 0.433 e. The van der Waals surface area contributed by atoms with E-state index in [-0.39, 0.29) is 5.69 Å². The third kappa shape index (κ3) is 4.59. The van der Waals surface area contributed by atoms with Crippen LogP contribution in [0.2, 0.25) is 0 Å². The Bertz CT molecular complexity index is 1000. The highest BCUT2D eigenvalue weighted by molar-refractivity contribution is 5.90. The van der Waals surface area contributed by atoms with Crippen LogP contribution >= 0.6 is 0 Å². The van der Waals surface area contributed by atoms with Gasteiger partial charge in [0.15, 0.2) is 0 Å². The number of carbonyl (C=O) groups excluding carboxylic acids is 1. The molecule has 1 N–H and O–H groups in total. The Morgan fingerprint density at radius 3 is 2.36 bits per heavy atom. The van der Waals surface area contributed by atoms with E-state index in [1.54, 1.807) is 18.2 Å². The SMILES string of the molecule is Cc1cc(C)n(Cc2cccc(NC(=O)Cn3nc(C)cc3C(F)(F)F)c2)n1. The van der Waals surface area contributed by atoms with Crippen molar-refractivity contribution in [3.63, 3.8) is 0 Å². The number of nitrogens with one attached hydrogen (secondary N) is 1. The molecule has 6 nitrogen and oxygen atoms in total. The van der Waals surface area contributed by atoms with Crippen molar-refractivity contribution in [2.75, 3.05) is 5.32 Å². The van der Waals surface area contributed by atoms with Crippen LogP contribution in [0.15, 0.2) is 36.4 Å². The zero-order valence-corrected chi connectivity index (χ0v) is 15.7. The predicted molar refractivity (Wildman–Crippen MR) is 97.8 cm³/mol. The number of aromatic nitrogens is 4. The molecule has 0 saturated carbocycles. The van der Waals surface area contributed by atoms with Gasteiger partial charge in [0, 0.05) is 11.4 Å². The van der Waals surface area contributed by atoms with Crippen molar-refractivity contribution in [3.8, 4) is 0 Å². The maximum absolute atomic E-state index is 13.0.